The average molecular weight is 540 g/mol. The lowest BCUT2D eigenvalue weighted by molar-refractivity contribution is -0.117. The van der Waals surface area contributed by atoms with Gasteiger partial charge in [0.2, 0.25) is 0 Å². The molecular formula is C28H23Cl2NO4S. The first-order valence-electron chi connectivity index (χ1n) is 11.1. The Hall–Kier alpha value is -3.19. The van der Waals surface area contributed by atoms with E-state index in [1.54, 1.807) is 50.7 Å². The molecule has 4 rings (SSSR count). The maximum absolute atomic E-state index is 12.5. The molecule has 0 unspecified atom stereocenters. The summed E-state index contributed by atoms with van der Waals surface area (Å²) in [6, 6.07) is 18.2. The Morgan fingerprint density at radius 2 is 1.61 bits per heavy atom. The lowest BCUT2D eigenvalue weighted by atomic mass is 10.0. The number of Topliss-reactive ketones (excluding diaryl/α,β-unsaturated/α-hetero) is 1. The minimum Gasteiger partial charge on any atom is -0.493 e. The molecule has 4 aromatic rings. The van der Waals surface area contributed by atoms with Crippen LogP contribution in [0.3, 0.4) is 0 Å². The van der Waals surface area contributed by atoms with Crippen LogP contribution in [0, 0.1) is 0 Å². The summed E-state index contributed by atoms with van der Waals surface area (Å²) in [6.07, 6.45) is 2.57. The predicted molar refractivity (Wildman–Crippen MR) is 147 cm³/mol. The van der Waals surface area contributed by atoms with E-state index in [0.29, 0.717) is 49.8 Å². The van der Waals surface area contributed by atoms with Crippen molar-refractivity contribution in [1.82, 2.24) is 4.98 Å². The highest BCUT2D eigenvalue weighted by atomic mass is 35.5. The third-order valence-electron chi connectivity index (χ3n) is 5.56. The number of thiocarbonyl (C=S) groups is 1. The molecular weight excluding hydrogens is 517 g/mol. The fourth-order valence-corrected chi connectivity index (χ4v) is 4.59. The van der Waals surface area contributed by atoms with E-state index in [1.165, 1.54) is 0 Å². The molecule has 0 aliphatic heterocycles. The summed E-state index contributed by atoms with van der Waals surface area (Å²) in [5.74, 6) is 2.25. The monoisotopic (exact) mass is 539 g/mol. The number of nitrogens with zero attached hydrogens (tertiary/aromatic N) is 1. The third-order valence-corrected chi connectivity index (χ3v) is 6.52. The summed E-state index contributed by atoms with van der Waals surface area (Å²) < 4.78 is 16.9. The summed E-state index contributed by atoms with van der Waals surface area (Å²) >= 11 is 18.2. The van der Waals surface area contributed by atoms with E-state index in [0.717, 1.165) is 16.5 Å². The van der Waals surface area contributed by atoms with E-state index in [2.05, 4.69) is 4.98 Å². The Morgan fingerprint density at radius 1 is 0.861 bits per heavy atom. The molecule has 5 nitrogen and oxygen atoms in total. The highest BCUT2D eigenvalue weighted by molar-refractivity contribution is 7.80. The van der Waals surface area contributed by atoms with Gasteiger partial charge in [0.1, 0.15) is 17.3 Å². The summed E-state index contributed by atoms with van der Waals surface area (Å²) in [5.41, 5.74) is 2.40. The zero-order valence-electron chi connectivity index (χ0n) is 19.7. The maximum atomic E-state index is 12.5. The van der Waals surface area contributed by atoms with Crippen LogP contribution >= 0.6 is 35.4 Å². The van der Waals surface area contributed by atoms with Crippen molar-refractivity contribution >= 4 is 57.0 Å². The molecule has 0 radical (unpaired) electrons. The number of benzene rings is 3. The number of halogens is 2. The van der Waals surface area contributed by atoms with E-state index >= 15 is 0 Å². The number of rotatable bonds is 10. The van der Waals surface area contributed by atoms with E-state index in [-0.39, 0.29) is 18.6 Å². The van der Waals surface area contributed by atoms with Gasteiger partial charge in [-0.15, -0.1) is 0 Å². The lowest BCUT2D eigenvalue weighted by Gasteiger charge is -2.13. The van der Waals surface area contributed by atoms with E-state index in [9.17, 15) is 4.79 Å². The number of carbonyl (C=O) groups is 1. The number of pyridine rings is 1. The van der Waals surface area contributed by atoms with Crippen molar-refractivity contribution in [2.24, 2.45) is 0 Å². The van der Waals surface area contributed by atoms with Crippen LogP contribution in [0.15, 0.2) is 66.9 Å². The molecule has 0 saturated carbocycles. The predicted octanol–water partition coefficient (Wildman–Crippen LogP) is 7.47. The third kappa shape index (κ3) is 6.13. The molecule has 8 heteroatoms. The van der Waals surface area contributed by atoms with Gasteiger partial charge in [-0.3, -0.25) is 9.78 Å². The van der Waals surface area contributed by atoms with E-state index < -0.39 is 0 Å². The van der Waals surface area contributed by atoms with Crippen molar-refractivity contribution in [2.45, 2.75) is 19.3 Å². The quantitative estimate of drug-likeness (QED) is 0.195. The van der Waals surface area contributed by atoms with Crippen LogP contribution in [-0.4, -0.2) is 29.9 Å². The van der Waals surface area contributed by atoms with Crippen LogP contribution in [-0.2, 0) is 17.6 Å². The van der Waals surface area contributed by atoms with Crippen molar-refractivity contribution in [3.63, 3.8) is 0 Å². The number of ether oxygens (including phenoxy) is 3. The van der Waals surface area contributed by atoms with Crippen molar-refractivity contribution in [3.05, 3.63) is 88.0 Å². The van der Waals surface area contributed by atoms with Gasteiger partial charge in [0, 0.05) is 46.8 Å². The standard InChI is InChI=1S/C28H23Cl2NO4S/c1-33-27-15-21-24(16-28(27)34-2)31-10-9-25(21)35-26-8-7-17(12-23(26)30)11-20(36)14-19(32)13-18-5-3-4-6-22(18)29/h3-10,12,15-16H,11,13-14H2,1-2H3. The molecule has 3 aromatic carbocycles. The Bertz CT molecular complexity index is 1440. The first kappa shape index (κ1) is 25.9. The molecule has 0 spiro atoms. The zero-order valence-corrected chi connectivity index (χ0v) is 22.0. The van der Waals surface area contributed by atoms with Gasteiger partial charge in [-0.2, -0.15) is 0 Å². The van der Waals surface area contributed by atoms with Gasteiger partial charge in [-0.05, 0) is 41.5 Å². The Labute approximate surface area is 224 Å². The SMILES string of the molecule is COc1cc2nccc(Oc3ccc(CC(=S)CC(=O)Cc4ccccc4Cl)cc3Cl)c2cc1OC. The minimum absolute atomic E-state index is 0.0239. The number of aromatic nitrogens is 1. The first-order valence-corrected chi connectivity index (χ1v) is 12.3. The van der Waals surface area contributed by atoms with Gasteiger partial charge in [-0.1, -0.05) is 59.7 Å². The summed E-state index contributed by atoms with van der Waals surface area (Å²) in [7, 11) is 3.15. The topological polar surface area (TPSA) is 57.7 Å². The lowest BCUT2D eigenvalue weighted by Crippen LogP contribution is -2.11. The molecule has 0 fully saturated rings. The summed E-state index contributed by atoms with van der Waals surface area (Å²) in [4.78, 5) is 17.5. The van der Waals surface area contributed by atoms with Crippen molar-refractivity contribution in [1.29, 1.82) is 0 Å². The van der Waals surface area contributed by atoms with E-state index in [1.807, 2.05) is 30.3 Å². The van der Waals surface area contributed by atoms with Crippen molar-refractivity contribution < 1.29 is 19.0 Å². The molecule has 0 aliphatic carbocycles. The molecule has 0 amide bonds. The molecule has 184 valence electrons. The second-order valence-electron chi connectivity index (χ2n) is 8.10. The summed E-state index contributed by atoms with van der Waals surface area (Å²) in [6.45, 7) is 0. The van der Waals surface area contributed by atoms with Gasteiger partial charge in [-0.25, -0.2) is 0 Å². The molecule has 1 heterocycles. The molecule has 36 heavy (non-hydrogen) atoms. The minimum atomic E-state index is 0.0239. The number of hydrogen-bond donors (Lipinski definition) is 0. The molecule has 0 saturated heterocycles. The second kappa shape index (κ2) is 11.7. The van der Waals surface area contributed by atoms with E-state index in [4.69, 9.17) is 49.6 Å². The van der Waals surface area contributed by atoms with Gasteiger partial charge >= 0.3 is 0 Å². The number of fused-ring (bicyclic) bond motifs is 1. The molecule has 1 aromatic heterocycles. The number of ketones is 1. The van der Waals surface area contributed by atoms with Gasteiger partial charge in [0.05, 0.1) is 24.8 Å². The highest BCUT2D eigenvalue weighted by Crippen LogP contribution is 2.38. The number of methoxy groups -OCH3 is 2. The fourth-order valence-electron chi connectivity index (χ4n) is 3.82. The normalized spacial score (nSPS) is 10.8. The van der Waals surface area contributed by atoms with Gasteiger partial charge in [0.15, 0.2) is 11.5 Å². The number of carbonyl (C=O) groups excluding carboxylic acids is 1. The molecule has 0 atom stereocenters. The van der Waals surface area contributed by atoms with Crippen LogP contribution in [0.25, 0.3) is 10.9 Å². The fraction of sp³-hybridized carbons (Fsp3) is 0.179. The maximum Gasteiger partial charge on any atom is 0.162 e. The van der Waals surface area contributed by atoms with Crippen molar-refractivity contribution in [3.8, 4) is 23.0 Å². The van der Waals surface area contributed by atoms with Gasteiger partial charge < -0.3 is 14.2 Å². The second-order valence-corrected chi connectivity index (χ2v) is 9.49. The van der Waals surface area contributed by atoms with Crippen molar-refractivity contribution in [2.75, 3.05) is 14.2 Å². The van der Waals surface area contributed by atoms with Crippen LogP contribution in [0.1, 0.15) is 17.5 Å². The Kier molecular flexibility index (Phi) is 8.41. The Balaban J connectivity index is 1.45. The molecule has 0 N–H and O–H groups in total. The van der Waals surface area contributed by atoms with Gasteiger partial charge in [0.25, 0.3) is 0 Å². The number of hydrogen-bond acceptors (Lipinski definition) is 6. The Morgan fingerprint density at radius 3 is 2.33 bits per heavy atom. The first-order chi connectivity index (χ1) is 17.4. The molecule has 0 aliphatic rings. The van der Waals surface area contributed by atoms with Crippen LogP contribution in [0.4, 0.5) is 0 Å². The van der Waals surface area contributed by atoms with Crippen LogP contribution in [0.5, 0.6) is 23.0 Å². The summed E-state index contributed by atoms with van der Waals surface area (Å²) in [5, 5.41) is 1.77. The highest BCUT2D eigenvalue weighted by Gasteiger charge is 2.14. The molecule has 0 bridgehead atoms. The average Bonchev–Trinajstić information content (AvgIpc) is 2.86. The van der Waals surface area contributed by atoms with Crippen LogP contribution < -0.4 is 14.2 Å². The smallest absolute Gasteiger partial charge is 0.162 e. The largest absolute Gasteiger partial charge is 0.493 e. The zero-order chi connectivity index (χ0) is 25.7. The van der Waals surface area contributed by atoms with Crippen LogP contribution in [0.2, 0.25) is 10.0 Å².